The zero-order chi connectivity index (χ0) is 35.7. The molecular formula is C31H24N7O9S3+. The number of fused-ring (bicyclic) bond motifs is 2. The second-order valence-electron chi connectivity index (χ2n) is 10.6. The van der Waals surface area contributed by atoms with Gasteiger partial charge in [-0.15, -0.1) is 34.4 Å². The minimum Gasteiger partial charge on any atom is -0.503 e. The van der Waals surface area contributed by atoms with E-state index in [1.807, 2.05) is 47.2 Å². The maximum atomic E-state index is 13.5. The number of nitrogen functional groups attached to an aromatic ring is 1. The average Bonchev–Trinajstić information content (AvgIpc) is 3.66. The number of nitrogens with two attached hydrogens (primary N) is 1. The summed E-state index contributed by atoms with van der Waals surface area (Å²) < 4.78 is 2.00. The molecule has 1 saturated heterocycles. The van der Waals surface area contributed by atoms with Crippen LogP contribution in [0, 0.1) is 11.3 Å². The molecule has 1 fully saturated rings. The van der Waals surface area contributed by atoms with Crippen molar-refractivity contribution in [3.63, 3.8) is 0 Å². The number of pyridine rings is 1. The summed E-state index contributed by atoms with van der Waals surface area (Å²) in [5.41, 5.74) is 6.20. The van der Waals surface area contributed by atoms with Crippen molar-refractivity contribution in [3.8, 4) is 17.6 Å². The molecule has 0 radical (unpaired) electrons. The second kappa shape index (κ2) is 13.9. The number of carbonyl (C=O) groups is 4. The molecule has 1 aromatic carbocycles. The molecule has 50 heavy (non-hydrogen) atoms. The van der Waals surface area contributed by atoms with Crippen LogP contribution in [0.5, 0.6) is 11.5 Å². The molecule has 2 aliphatic heterocycles. The van der Waals surface area contributed by atoms with Crippen LogP contribution in [-0.2, 0) is 30.6 Å². The number of oxime groups is 1. The molecular weight excluding hydrogens is 711 g/mol. The van der Waals surface area contributed by atoms with Crippen molar-refractivity contribution in [2.45, 2.75) is 24.1 Å². The summed E-state index contributed by atoms with van der Waals surface area (Å²) in [6, 6.07) is 12.1. The van der Waals surface area contributed by atoms with Gasteiger partial charge in [0.05, 0.1) is 0 Å². The fraction of sp³-hybridized carbons (Fsp3) is 0.161. The van der Waals surface area contributed by atoms with E-state index >= 15 is 0 Å². The molecule has 0 bridgehead atoms. The first-order valence-electron chi connectivity index (χ1n) is 14.4. The Morgan fingerprint density at radius 2 is 1.98 bits per heavy atom. The molecule has 19 heteroatoms. The number of hydrogen-bond acceptors (Lipinski definition) is 14. The predicted molar refractivity (Wildman–Crippen MR) is 180 cm³/mol. The number of nitriles is 1. The molecule has 0 aliphatic carbocycles. The molecule has 7 N–H and O–H groups in total. The van der Waals surface area contributed by atoms with Crippen molar-refractivity contribution in [2.75, 3.05) is 11.5 Å². The number of allylic oxidation sites excluding steroid dienone is 2. The first kappa shape index (κ1) is 33.9. The molecule has 5 heterocycles. The van der Waals surface area contributed by atoms with Gasteiger partial charge in [-0.1, -0.05) is 23.4 Å². The summed E-state index contributed by atoms with van der Waals surface area (Å²) in [6.07, 6.45) is 3.32. The molecule has 0 saturated carbocycles. The van der Waals surface area contributed by atoms with Crippen molar-refractivity contribution < 1.29 is 49.0 Å². The summed E-state index contributed by atoms with van der Waals surface area (Å²) in [7, 11) is 0. The van der Waals surface area contributed by atoms with E-state index in [4.69, 9.17) is 15.8 Å². The number of aliphatic carboxylic acids is 2. The summed E-state index contributed by atoms with van der Waals surface area (Å²) in [5.74, 6) is -6.25. The Kier molecular flexibility index (Phi) is 9.41. The highest BCUT2D eigenvalue weighted by molar-refractivity contribution is 8.00. The molecule has 4 aromatic rings. The number of thiophene rings is 1. The van der Waals surface area contributed by atoms with E-state index in [0.29, 0.717) is 23.5 Å². The van der Waals surface area contributed by atoms with Gasteiger partial charge in [-0.2, -0.15) is 9.83 Å². The van der Waals surface area contributed by atoms with E-state index in [0.717, 1.165) is 27.1 Å². The van der Waals surface area contributed by atoms with E-state index in [-0.39, 0.29) is 27.2 Å². The summed E-state index contributed by atoms with van der Waals surface area (Å²) >= 11 is 2.61. The monoisotopic (exact) mass is 734 g/mol. The van der Waals surface area contributed by atoms with Crippen molar-refractivity contribution in [1.82, 2.24) is 15.2 Å². The number of thiazole rings is 1. The Labute approximate surface area is 293 Å². The number of benzene rings is 1. The summed E-state index contributed by atoms with van der Waals surface area (Å²) in [4.78, 5) is 60.6. The van der Waals surface area contributed by atoms with Gasteiger partial charge >= 0.3 is 11.9 Å². The molecule has 6 rings (SSSR count). The van der Waals surface area contributed by atoms with Crippen LogP contribution in [0.1, 0.15) is 21.6 Å². The number of rotatable bonds is 11. The fourth-order valence-electron chi connectivity index (χ4n) is 5.27. The summed E-state index contributed by atoms with van der Waals surface area (Å²) in [5, 5.41) is 56.9. The van der Waals surface area contributed by atoms with Crippen LogP contribution in [0.2, 0.25) is 0 Å². The third-order valence-electron chi connectivity index (χ3n) is 7.57. The zero-order valence-corrected chi connectivity index (χ0v) is 27.7. The maximum Gasteiger partial charge on any atom is 0.353 e. The van der Waals surface area contributed by atoms with Crippen LogP contribution in [0.15, 0.2) is 76.6 Å². The molecule has 0 spiro atoms. The maximum absolute atomic E-state index is 13.5. The lowest BCUT2D eigenvalue weighted by atomic mass is 10.0. The number of aromatic hydroxyl groups is 2. The number of thioether (sulfide) groups is 1. The number of amides is 2. The number of aromatic nitrogens is 2. The predicted octanol–water partition coefficient (Wildman–Crippen LogP) is 2.05. The quantitative estimate of drug-likeness (QED) is 0.0559. The van der Waals surface area contributed by atoms with Crippen LogP contribution < -0.4 is 15.6 Å². The third-order valence-corrected chi connectivity index (χ3v) is 10.7. The number of carboxylic acid groups (broad SMARTS) is 2. The molecule has 254 valence electrons. The van der Waals surface area contributed by atoms with Gasteiger partial charge in [0.1, 0.15) is 33.8 Å². The standard InChI is InChI=1S/C31H23N7O9S3/c32-11-18-22(39)23(40)25(50-18)24(30(45)46)47-36-19(16-13-49-31(33)34-16)26(41)35-20-27(42)38-21(29(43)44)15(12-48-28(20)38)7-4-10-37-9-3-6-14-5-1-2-8-17(14)37/h1-9,13,20,24,28H,10,12H2,(H6-,33,34,35,39,40,41,43,44,45,46)/p+1/b7-4-,36-19-/t20-,24?,28-/m1/s1. The van der Waals surface area contributed by atoms with E-state index in [2.05, 4.69) is 15.5 Å². The number of nitrogens with one attached hydrogen (secondary N) is 1. The zero-order valence-electron chi connectivity index (χ0n) is 25.3. The highest BCUT2D eigenvalue weighted by Crippen LogP contribution is 2.44. The topological polar surface area (TPSA) is 253 Å². The molecule has 2 aliphatic rings. The largest absolute Gasteiger partial charge is 0.503 e. The van der Waals surface area contributed by atoms with Gasteiger partial charge in [0, 0.05) is 28.7 Å². The Morgan fingerprint density at radius 1 is 1.22 bits per heavy atom. The number of carboxylic acids is 2. The minimum absolute atomic E-state index is 0.0270. The number of nitrogens with zero attached hydrogens (tertiary/aromatic N) is 5. The normalized spacial score (nSPS) is 18.0. The van der Waals surface area contributed by atoms with Crippen molar-refractivity contribution in [3.05, 3.63) is 86.8 Å². The van der Waals surface area contributed by atoms with Gasteiger partial charge in [-0.25, -0.2) is 14.6 Å². The fourth-order valence-corrected chi connectivity index (χ4v) is 8.03. The highest BCUT2D eigenvalue weighted by atomic mass is 32.2. The summed E-state index contributed by atoms with van der Waals surface area (Å²) in [6.45, 7) is 0.444. The van der Waals surface area contributed by atoms with Crippen molar-refractivity contribution >= 4 is 79.9 Å². The first-order valence-corrected chi connectivity index (χ1v) is 17.1. The van der Waals surface area contributed by atoms with Crippen molar-refractivity contribution in [1.29, 1.82) is 5.26 Å². The van der Waals surface area contributed by atoms with E-state index in [9.17, 15) is 39.6 Å². The van der Waals surface area contributed by atoms with Gasteiger partial charge in [0.2, 0.25) is 5.52 Å². The SMILES string of the molecule is N#Cc1sc(C(O/N=C(\C(=O)N[C@@H]2C(=O)N3C(C(=O)O)=C(/C=C\C[n+]4cccc5ccccc54)CS[C@H]23)c2csc(N)n2)C(=O)O)c(O)c1O. The number of β-lactam (4-membered cyclic amide) rings is 1. The second-order valence-corrected chi connectivity index (χ2v) is 13.6. The lowest BCUT2D eigenvalue weighted by molar-refractivity contribution is -0.661. The van der Waals surface area contributed by atoms with Crippen LogP contribution in [0.25, 0.3) is 10.9 Å². The van der Waals surface area contributed by atoms with Crippen LogP contribution >= 0.6 is 34.4 Å². The molecule has 1 unspecified atom stereocenters. The number of hydrogen-bond donors (Lipinski definition) is 6. The number of anilines is 1. The third kappa shape index (κ3) is 6.29. The molecule has 3 aromatic heterocycles. The van der Waals surface area contributed by atoms with Crippen LogP contribution in [0.3, 0.4) is 0 Å². The average molecular weight is 735 g/mol. The number of para-hydroxylation sites is 1. The van der Waals surface area contributed by atoms with E-state index < -0.39 is 63.4 Å². The highest BCUT2D eigenvalue weighted by Gasteiger charge is 2.54. The van der Waals surface area contributed by atoms with E-state index in [1.54, 1.807) is 18.2 Å². The van der Waals surface area contributed by atoms with Gasteiger partial charge in [-0.05, 0) is 23.8 Å². The van der Waals surface area contributed by atoms with E-state index in [1.165, 1.54) is 17.1 Å². The Bertz CT molecular complexity index is 2200. The lowest BCUT2D eigenvalue weighted by Crippen LogP contribution is -2.71. The Morgan fingerprint density at radius 3 is 2.66 bits per heavy atom. The number of carbonyl (C=O) groups excluding carboxylic acids is 2. The smallest absolute Gasteiger partial charge is 0.353 e. The Balaban J connectivity index is 1.21. The lowest BCUT2D eigenvalue weighted by Gasteiger charge is -2.49. The molecule has 2 amide bonds. The van der Waals surface area contributed by atoms with Gasteiger partial charge in [-0.3, -0.25) is 14.5 Å². The Hall–Kier alpha value is -5.97. The van der Waals surface area contributed by atoms with Crippen molar-refractivity contribution in [2.24, 2.45) is 5.16 Å². The minimum atomic E-state index is -2.06. The molecule has 16 nitrogen and oxygen atoms in total. The van der Waals surface area contributed by atoms with Gasteiger partial charge < -0.3 is 36.3 Å². The van der Waals surface area contributed by atoms with Crippen LogP contribution in [0.4, 0.5) is 5.13 Å². The van der Waals surface area contributed by atoms with Gasteiger partial charge in [0.15, 0.2) is 40.0 Å². The van der Waals surface area contributed by atoms with Crippen LogP contribution in [-0.4, -0.2) is 76.9 Å². The van der Waals surface area contributed by atoms with Gasteiger partial charge in [0.25, 0.3) is 17.9 Å². The molecule has 3 atom stereocenters. The first-order chi connectivity index (χ1) is 24.0.